The Labute approximate surface area is 124 Å². The summed E-state index contributed by atoms with van der Waals surface area (Å²) in [5.74, 6) is 0.863. The summed E-state index contributed by atoms with van der Waals surface area (Å²) in [5, 5.41) is 7.54. The number of ether oxygens (including phenoxy) is 1. The SMILES string of the molecule is C1CCC(C2CCCC2NCCOC2CCCC2)NC1. The average Bonchev–Trinajstić information content (AvgIpc) is 3.16. The first-order chi connectivity index (χ1) is 9.93. The van der Waals surface area contributed by atoms with Crippen LogP contribution in [0.25, 0.3) is 0 Å². The molecule has 0 amide bonds. The molecule has 3 aliphatic rings. The molecule has 0 bridgehead atoms. The van der Waals surface area contributed by atoms with Crippen LogP contribution in [0.1, 0.15) is 64.2 Å². The predicted octanol–water partition coefficient (Wildman–Crippen LogP) is 2.85. The second kappa shape index (κ2) is 7.77. The van der Waals surface area contributed by atoms with Crippen molar-refractivity contribution in [2.45, 2.75) is 82.4 Å². The van der Waals surface area contributed by atoms with Gasteiger partial charge in [0.25, 0.3) is 0 Å². The van der Waals surface area contributed by atoms with Crippen molar-refractivity contribution in [3.05, 3.63) is 0 Å². The van der Waals surface area contributed by atoms with Crippen molar-refractivity contribution in [1.29, 1.82) is 0 Å². The van der Waals surface area contributed by atoms with E-state index >= 15 is 0 Å². The number of piperidine rings is 1. The van der Waals surface area contributed by atoms with Gasteiger partial charge in [0, 0.05) is 18.6 Å². The average molecular weight is 280 g/mol. The predicted molar refractivity (Wildman–Crippen MR) is 83.0 cm³/mol. The summed E-state index contributed by atoms with van der Waals surface area (Å²) in [6.07, 6.45) is 14.3. The Hall–Kier alpha value is -0.120. The highest BCUT2D eigenvalue weighted by Crippen LogP contribution is 2.31. The Morgan fingerprint density at radius 3 is 2.55 bits per heavy atom. The molecule has 0 radical (unpaired) electrons. The summed E-state index contributed by atoms with van der Waals surface area (Å²) >= 11 is 0. The van der Waals surface area contributed by atoms with E-state index in [9.17, 15) is 0 Å². The Morgan fingerprint density at radius 2 is 1.75 bits per heavy atom. The molecular weight excluding hydrogens is 248 g/mol. The zero-order chi connectivity index (χ0) is 13.6. The van der Waals surface area contributed by atoms with E-state index in [1.807, 2.05) is 0 Å². The van der Waals surface area contributed by atoms with Crippen LogP contribution in [-0.2, 0) is 4.74 Å². The molecule has 0 spiro atoms. The third kappa shape index (κ3) is 3.96. The third-order valence-electron chi connectivity index (χ3n) is 5.60. The number of rotatable bonds is 6. The molecule has 0 aromatic rings. The van der Waals surface area contributed by atoms with Gasteiger partial charge in [-0.05, 0) is 51.0 Å². The fourth-order valence-corrected chi connectivity index (χ4v) is 4.49. The minimum absolute atomic E-state index is 0.566. The largest absolute Gasteiger partial charge is 0.377 e. The molecule has 3 fully saturated rings. The smallest absolute Gasteiger partial charge is 0.0594 e. The van der Waals surface area contributed by atoms with Crippen LogP contribution in [0.15, 0.2) is 0 Å². The van der Waals surface area contributed by atoms with Crippen LogP contribution in [0.3, 0.4) is 0 Å². The van der Waals surface area contributed by atoms with Crippen molar-refractivity contribution in [1.82, 2.24) is 10.6 Å². The van der Waals surface area contributed by atoms with Gasteiger partial charge in [-0.2, -0.15) is 0 Å². The first-order valence-electron chi connectivity index (χ1n) is 9.02. The molecule has 1 aliphatic heterocycles. The highest BCUT2D eigenvalue weighted by molar-refractivity contribution is 4.92. The Balaban J connectivity index is 1.35. The molecule has 1 heterocycles. The van der Waals surface area contributed by atoms with Crippen LogP contribution in [0, 0.1) is 5.92 Å². The van der Waals surface area contributed by atoms with Crippen LogP contribution in [0.2, 0.25) is 0 Å². The topological polar surface area (TPSA) is 33.3 Å². The van der Waals surface area contributed by atoms with Gasteiger partial charge in [0.2, 0.25) is 0 Å². The number of hydrogen-bond acceptors (Lipinski definition) is 3. The molecule has 3 heteroatoms. The Morgan fingerprint density at radius 1 is 0.900 bits per heavy atom. The fourth-order valence-electron chi connectivity index (χ4n) is 4.49. The zero-order valence-electron chi connectivity index (χ0n) is 12.9. The quantitative estimate of drug-likeness (QED) is 0.734. The van der Waals surface area contributed by atoms with Gasteiger partial charge in [-0.25, -0.2) is 0 Å². The zero-order valence-corrected chi connectivity index (χ0v) is 12.9. The summed E-state index contributed by atoms with van der Waals surface area (Å²) in [6, 6.07) is 1.51. The molecule has 3 atom stereocenters. The molecular formula is C17H32N2O. The normalized spacial score (nSPS) is 35.7. The maximum absolute atomic E-state index is 5.97. The second-order valence-corrected chi connectivity index (χ2v) is 6.99. The van der Waals surface area contributed by atoms with Crippen molar-refractivity contribution in [3.63, 3.8) is 0 Å². The van der Waals surface area contributed by atoms with Crippen LogP contribution in [-0.4, -0.2) is 37.9 Å². The number of hydrogen-bond donors (Lipinski definition) is 2. The lowest BCUT2D eigenvalue weighted by molar-refractivity contribution is 0.0579. The summed E-state index contributed by atoms with van der Waals surface area (Å²) in [6.45, 7) is 3.19. The van der Waals surface area contributed by atoms with Gasteiger partial charge in [0.15, 0.2) is 0 Å². The van der Waals surface area contributed by atoms with E-state index in [4.69, 9.17) is 4.74 Å². The van der Waals surface area contributed by atoms with E-state index < -0.39 is 0 Å². The van der Waals surface area contributed by atoms with Crippen molar-refractivity contribution in [3.8, 4) is 0 Å². The van der Waals surface area contributed by atoms with E-state index in [1.165, 1.54) is 70.8 Å². The molecule has 1 saturated heterocycles. The van der Waals surface area contributed by atoms with Gasteiger partial charge < -0.3 is 15.4 Å². The molecule has 2 N–H and O–H groups in total. The van der Waals surface area contributed by atoms with E-state index in [1.54, 1.807) is 0 Å². The standard InChI is InChI=1S/C17H32N2O/c1-2-7-14(6-1)20-13-12-19-17-10-5-8-15(17)16-9-3-4-11-18-16/h14-19H,1-13H2. The Bertz CT molecular complexity index is 272. The van der Waals surface area contributed by atoms with Gasteiger partial charge in [-0.15, -0.1) is 0 Å². The summed E-state index contributed by atoms with van der Waals surface area (Å²) in [7, 11) is 0. The van der Waals surface area contributed by atoms with E-state index in [2.05, 4.69) is 10.6 Å². The van der Waals surface area contributed by atoms with Crippen LogP contribution < -0.4 is 10.6 Å². The molecule has 0 aromatic carbocycles. The van der Waals surface area contributed by atoms with Crippen LogP contribution in [0.5, 0.6) is 0 Å². The van der Waals surface area contributed by atoms with Gasteiger partial charge in [0.1, 0.15) is 0 Å². The number of nitrogens with one attached hydrogen (secondary N) is 2. The molecule has 3 rings (SSSR count). The first-order valence-corrected chi connectivity index (χ1v) is 9.02. The first kappa shape index (κ1) is 14.8. The molecule has 3 nitrogen and oxygen atoms in total. The fraction of sp³-hybridized carbons (Fsp3) is 1.00. The molecule has 0 aromatic heterocycles. The van der Waals surface area contributed by atoms with E-state index in [-0.39, 0.29) is 0 Å². The molecule has 2 saturated carbocycles. The maximum atomic E-state index is 5.97. The van der Waals surface area contributed by atoms with Crippen molar-refractivity contribution >= 4 is 0 Å². The minimum Gasteiger partial charge on any atom is -0.377 e. The second-order valence-electron chi connectivity index (χ2n) is 6.99. The van der Waals surface area contributed by atoms with Gasteiger partial charge >= 0.3 is 0 Å². The highest BCUT2D eigenvalue weighted by atomic mass is 16.5. The molecule has 20 heavy (non-hydrogen) atoms. The summed E-state index contributed by atoms with van der Waals surface area (Å²) in [4.78, 5) is 0. The van der Waals surface area contributed by atoms with Crippen LogP contribution >= 0.6 is 0 Å². The third-order valence-corrected chi connectivity index (χ3v) is 5.60. The van der Waals surface area contributed by atoms with E-state index in [0.29, 0.717) is 6.10 Å². The minimum atomic E-state index is 0.566. The highest BCUT2D eigenvalue weighted by Gasteiger charge is 2.33. The lowest BCUT2D eigenvalue weighted by Crippen LogP contribution is -2.47. The summed E-state index contributed by atoms with van der Waals surface area (Å²) < 4.78 is 5.97. The summed E-state index contributed by atoms with van der Waals surface area (Å²) in [5.41, 5.74) is 0. The van der Waals surface area contributed by atoms with Crippen molar-refractivity contribution in [2.75, 3.05) is 19.7 Å². The molecule has 2 aliphatic carbocycles. The van der Waals surface area contributed by atoms with Crippen molar-refractivity contribution in [2.24, 2.45) is 5.92 Å². The van der Waals surface area contributed by atoms with Crippen molar-refractivity contribution < 1.29 is 4.74 Å². The lowest BCUT2D eigenvalue weighted by atomic mass is 9.88. The monoisotopic (exact) mass is 280 g/mol. The lowest BCUT2D eigenvalue weighted by Gasteiger charge is -2.33. The van der Waals surface area contributed by atoms with Gasteiger partial charge in [0.05, 0.1) is 12.7 Å². The van der Waals surface area contributed by atoms with Gasteiger partial charge in [-0.1, -0.05) is 25.7 Å². The molecule has 116 valence electrons. The van der Waals surface area contributed by atoms with Crippen LogP contribution in [0.4, 0.5) is 0 Å². The maximum Gasteiger partial charge on any atom is 0.0594 e. The molecule has 3 unspecified atom stereocenters. The van der Waals surface area contributed by atoms with E-state index in [0.717, 1.165) is 31.2 Å². The Kier molecular flexibility index (Phi) is 5.75. The van der Waals surface area contributed by atoms with Gasteiger partial charge in [-0.3, -0.25) is 0 Å².